The second kappa shape index (κ2) is 3.62. The van der Waals surface area contributed by atoms with Crippen LogP contribution in [0, 0.1) is 0 Å². The summed E-state index contributed by atoms with van der Waals surface area (Å²) < 4.78 is 36.3. The normalized spacial score (nSPS) is 14.2. The molecule has 0 aliphatic carbocycles. The lowest BCUT2D eigenvalue weighted by Gasteiger charge is -2.08. The molecule has 0 saturated heterocycles. The Kier molecular flexibility index (Phi) is 2.91. The Hall–Kier alpha value is -0.640. The molecule has 0 fully saturated rings. The number of hydrogen-bond acceptors (Lipinski definition) is 1. The highest BCUT2D eigenvalue weighted by atomic mass is 32.1. The van der Waals surface area contributed by atoms with Crippen LogP contribution >= 0.6 is 12.6 Å². The molecule has 13 heavy (non-hydrogen) atoms. The van der Waals surface area contributed by atoms with E-state index in [0.29, 0.717) is 0 Å². The van der Waals surface area contributed by atoms with Crippen LogP contribution in [0.2, 0.25) is 0 Å². The quantitative estimate of drug-likeness (QED) is 0.665. The highest BCUT2D eigenvalue weighted by Gasteiger charge is 2.29. The zero-order valence-corrected chi connectivity index (χ0v) is 7.86. The minimum absolute atomic E-state index is 0.0396. The zero-order valence-electron chi connectivity index (χ0n) is 6.97. The van der Waals surface area contributed by atoms with Crippen LogP contribution in [0.3, 0.4) is 0 Å². The molecule has 0 bridgehead atoms. The molecule has 1 atom stereocenters. The van der Waals surface area contributed by atoms with Crippen molar-refractivity contribution in [2.75, 3.05) is 0 Å². The van der Waals surface area contributed by atoms with Gasteiger partial charge in [-0.2, -0.15) is 25.8 Å². The first kappa shape index (κ1) is 10.4. The van der Waals surface area contributed by atoms with Crippen LogP contribution < -0.4 is 0 Å². The van der Waals surface area contributed by atoms with E-state index < -0.39 is 11.7 Å². The predicted molar refractivity (Wildman–Crippen MR) is 48.8 cm³/mol. The number of alkyl halides is 3. The van der Waals surface area contributed by atoms with Crippen LogP contribution in [0.5, 0.6) is 0 Å². The molecule has 0 unspecified atom stereocenters. The van der Waals surface area contributed by atoms with E-state index in [0.717, 1.165) is 17.7 Å². The van der Waals surface area contributed by atoms with E-state index in [1.807, 2.05) is 6.92 Å². The summed E-state index contributed by atoms with van der Waals surface area (Å²) in [4.78, 5) is 0. The van der Waals surface area contributed by atoms with Gasteiger partial charge < -0.3 is 0 Å². The fourth-order valence-corrected chi connectivity index (χ4v) is 1.12. The van der Waals surface area contributed by atoms with Crippen LogP contribution in [-0.2, 0) is 6.18 Å². The molecule has 0 N–H and O–H groups in total. The van der Waals surface area contributed by atoms with Crippen LogP contribution in [0.4, 0.5) is 13.2 Å². The largest absolute Gasteiger partial charge is 0.416 e. The Morgan fingerprint density at radius 1 is 1.15 bits per heavy atom. The fourth-order valence-electron chi connectivity index (χ4n) is 0.951. The van der Waals surface area contributed by atoms with Gasteiger partial charge >= 0.3 is 6.18 Å². The van der Waals surface area contributed by atoms with Gasteiger partial charge in [-0.15, -0.1) is 0 Å². The van der Waals surface area contributed by atoms with Crippen LogP contribution in [-0.4, -0.2) is 0 Å². The first-order valence-electron chi connectivity index (χ1n) is 3.76. The van der Waals surface area contributed by atoms with Gasteiger partial charge in [0.2, 0.25) is 0 Å². The first-order valence-corrected chi connectivity index (χ1v) is 4.28. The molecule has 0 nitrogen and oxygen atoms in total. The highest BCUT2D eigenvalue weighted by molar-refractivity contribution is 7.80. The van der Waals surface area contributed by atoms with E-state index in [1.54, 1.807) is 0 Å². The molecule has 0 aromatic heterocycles. The van der Waals surface area contributed by atoms with E-state index in [4.69, 9.17) is 0 Å². The van der Waals surface area contributed by atoms with E-state index in [2.05, 4.69) is 12.6 Å². The van der Waals surface area contributed by atoms with Gasteiger partial charge in [-0.1, -0.05) is 12.1 Å². The smallest absolute Gasteiger partial charge is 0.171 e. The lowest BCUT2D eigenvalue weighted by Crippen LogP contribution is -2.04. The van der Waals surface area contributed by atoms with Gasteiger partial charge in [0, 0.05) is 5.25 Å². The molecule has 0 aliphatic rings. The molecule has 0 aliphatic heterocycles. The molecule has 0 amide bonds. The second-order valence-corrected chi connectivity index (χ2v) is 3.57. The lowest BCUT2D eigenvalue weighted by molar-refractivity contribution is -0.137. The van der Waals surface area contributed by atoms with E-state index in [1.165, 1.54) is 12.1 Å². The van der Waals surface area contributed by atoms with Crippen molar-refractivity contribution in [1.29, 1.82) is 0 Å². The van der Waals surface area contributed by atoms with Crippen molar-refractivity contribution in [3.63, 3.8) is 0 Å². The number of benzene rings is 1. The maximum absolute atomic E-state index is 12.1. The average molecular weight is 206 g/mol. The third-order valence-corrected chi connectivity index (χ3v) is 2.02. The fraction of sp³-hybridized carbons (Fsp3) is 0.333. The zero-order chi connectivity index (χ0) is 10.1. The summed E-state index contributed by atoms with van der Waals surface area (Å²) in [6, 6.07) is 5.03. The SMILES string of the molecule is C[C@H](S)c1ccc(C(F)(F)F)cc1. The Morgan fingerprint density at radius 3 is 1.92 bits per heavy atom. The molecule has 72 valence electrons. The van der Waals surface area contributed by atoms with Crippen molar-refractivity contribution in [1.82, 2.24) is 0 Å². The molecule has 0 saturated carbocycles. The minimum atomic E-state index is -4.25. The van der Waals surface area contributed by atoms with Gasteiger partial charge in [0.1, 0.15) is 0 Å². The Morgan fingerprint density at radius 2 is 1.62 bits per heavy atom. The summed E-state index contributed by atoms with van der Waals surface area (Å²) in [7, 11) is 0. The summed E-state index contributed by atoms with van der Waals surface area (Å²) in [5, 5.41) is -0.0396. The Labute approximate surface area is 80.2 Å². The topological polar surface area (TPSA) is 0 Å². The molecule has 4 heteroatoms. The molecular formula is C9H9F3S. The molecular weight excluding hydrogens is 197 g/mol. The van der Waals surface area contributed by atoms with Crippen molar-refractivity contribution in [3.05, 3.63) is 35.4 Å². The number of rotatable bonds is 1. The van der Waals surface area contributed by atoms with Gasteiger partial charge in [-0.05, 0) is 24.6 Å². The van der Waals surface area contributed by atoms with E-state index in [-0.39, 0.29) is 5.25 Å². The lowest BCUT2D eigenvalue weighted by atomic mass is 10.1. The Balaban J connectivity index is 2.94. The third-order valence-electron chi connectivity index (χ3n) is 1.72. The summed E-state index contributed by atoms with van der Waals surface area (Å²) in [5.41, 5.74) is 0.168. The highest BCUT2D eigenvalue weighted by Crippen LogP contribution is 2.30. The molecule has 1 aromatic carbocycles. The van der Waals surface area contributed by atoms with Crippen LogP contribution in [0.25, 0.3) is 0 Å². The number of halogens is 3. The van der Waals surface area contributed by atoms with Gasteiger partial charge in [0.25, 0.3) is 0 Å². The van der Waals surface area contributed by atoms with E-state index in [9.17, 15) is 13.2 Å². The van der Waals surface area contributed by atoms with Gasteiger partial charge in [-0.3, -0.25) is 0 Å². The van der Waals surface area contributed by atoms with Crippen LogP contribution in [0.15, 0.2) is 24.3 Å². The van der Waals surface area contributed by atoms with E-state index >= 15 is 0 Å². The summed E-state index contributed by atoms with van der Waals surface area (Å²) in [6.45, 7) is 1.81. The number of thiol groups is 1. The maximum Gasteiger partial charge on any atom is 0.416 e. The minimum Gasteiger partial charge on any atom is -0.171 e. The summed E-state index contributed by atoms with van der Waals surface area (Å²) in [5.74, 6) is 0. The third kappa shape index (κ3) is 2.66. The number of hydrogen-bond donors (Lipinski definition) is 1. The molecule has 1 rings (SSSR count). The monoisotopic (exact) mass is 206 g/mol. The average Bonchev–Trinajstić information content (AvgIpc) is 2.03. The van der Waals surface area contributed by atoms with Gasteiger partial charge in [0.05, 0.1) is 5.56 Å². The second-order valence-electron chi connectivity index (χ2n) is 2.80. The standard InChI is InChI=1S/C9H9F3S/c1-6(13)7-2-4-8(5-3-7)9(10,11)12/h2-6,13H,1H3/t6-/m0/s1. The van der Waals surface area contributed by atoms with Gasteiger partial charge in [0.15, 0.2) is 0 Å². The Bertz CT molecular complexity index is 274. The van der Waals surface area contributed by atoms with Crippen molar-refractivity contribution in [2.24, 2.45) is 0 Å². The molecule has 0 heterocycles. The van der Waals surface area contributed by atoms with Crippen molar-refractivity contribution in [2.45, 2.75) is 18.3 Å². The predicted octanol–water partition coefficient (Wildman–Crippen LogP) is 3.70. The maximum atomic E-state index is 12.1. The molecule has 0 radical (unpaired) electrons. The van der Waals surface area contributed by atoms with Crippen molar-refractivity contribution >= 4 is 12.6 Å². The molecule has 0 spiro atoms. The molecule has 1 aromatic rings. The van der Waals surface area contributed by atoms with Crippen molar-refractivity contribution < 1.29 is 13.2 Å². The van der Waals surface area contributed by atoms with Crippen LogP contribution in [0.1, 0.15) is 23.3 Å². The summed E-state index contributed by atoms with van der Waals surface area (Å²) in [6.07, 6.45) is -4.25. The van der Waals surface area contributed by atoms with Gasteiger partial charge in [-0.25, -0.2) is 0 Å². The summed E-state index contributed by atoms with van der Waals surface area (Å²) >= 11 is 4.11. The first-order chi connectivity index (χ1) is 5.91. The van der Waals surface area contributed by atoms with Crippen molar-refractivity contribution in [3.8, 4) is 0 Å².